The van der Waals surface area contributed by atoms with Crippen LogP contribution in [0.3, 0.4) is 0 Å². The fourth-order valence-electron chi connectivity index (χ4n) is 4.57. The van der Waals surface area contributed by atoms with Crippen molar-refractivity contribution in [3.63, 3.8) is 0 Å². The van der Waals surface area contributed by atoms with Crippen LogP contribution in [-0.4, -0.2) is 40.3 Å². The number of hydrogen-bond donors (Lipinski definition) is 1. The first-order chi connectivity index (χ1) is 14.8. The van der Waals surface area contributed by atoms with Gasteiger partial charge in [-0.3, -0.25) is 0 Å². The molecule has 0 unspecified atom stereocenters. The predicted molar refractivity (Wildman–Crippen MR) is 121 cm³/mol. The second-order valence-corrected chi connectivity index (χ2v) is 12.3. The van der Waals surface area contributed by atoms with Crippen molar-refractivity contribution in [3.8, 4) is 0 Å². The van der Waals surface area contributed by atoms with E-state index in [0.717, 1.165) is 44.9 Å². The molecule has 1 saturated heterocycles. The molecule has 6 nitrogen and oxygen atoms in total. The van der Waals surface area contributed by atoms with Gasteiger partial charge in [0.05, 0.1) is 9.79 Å². The summed E-state index contributed by atoms with van der Waals surface area (Å²) >= 11 is 0. The Hall–Kier alpha value is -1.74. The van der Waals surface area contributed by atoms with Gasteiger partial charge < -0.3 is 0 Å². The first-order valence-corrected chi connectivity index (χ1v) is 13.9. The van der Waals surface area contributed by atoms with Gasteiger partial charge in [0.1, 0.15) is 0 Å². The Morgan fingerprint density at radius 3 is 1.97 bits per heavy atom. The average Bonchev–Trinajstić information content (AvgIpc) is 3.27. The normalized spacial score (nSPS) is 19.6. The number of nitrogens with one attached hydrogen (secondary N) is 1. The van der Waals surface area contributed by atoms with Gasteiger partial charge in [-0.05, 0) is 67.9 Å². The van der Waals surface area contributed by atoms with Crippen LogP contribution in [0.5, 0.6) is 0 Å². The van der Waals surface area contributed by atoms with Crippen LogP contribution in [0, 0.1) is 5.92 Å². The Labute approximate surface area is 185 Å². The van der Waals surface area contributed by atoms with E-state index in [1.165, 1.54) is 34.1 Å². The maximum Gasteiger partial charge on any atom is 0.243 e. The van der Waals surface area contributed by atoms with Crippen LogP contribution in [0.25, 0.3) is 0 Å². The zero-order chi connectivity index (χ0) is 21.9. The van der Waals surface area contributed by atoms with Crippen molar-refractivity contribution >= 4 is 20.0 Å². The molecule has 0 radical (unpaired) electrons. The fourth-order valence-corrected chi connectivity index (χ4v) is 7.35. The van der Waals surface area contributed by atoms with Gasteiger partial charge in [0.2, 0.25) is 20.0 Å². The summed E-state index contributed by atoms with van der Waals surface area (Å²) in [6.07, 6.45) is 6.39. The maximum absolute atomic E-state index is 13.1. The molecule has 8 heteroatoms. The van der Waals surface area contributed by atoms with Crippen molar-refractivity contribution in [3.05, 3.63) is 60.2 Å². The summed E-state index contributed by atoms with van der Waals surface area (Å²) in [6, 6.07) is 15.9. The van der Waals surface area contributed by atoms with Crippen molar-refractivity contribution in [2.24, 2.45) is 5.92 Å². The Morgan fingerprint density at radius 2 is 1.35 bits per heavy atom. The van der Waals surface area contributed by atoms with E-state index in [2.05, 4.69) is 16.9 Å². The molecule has 1 heterocycles. The third kappa shape index (κ3) is 5.37. The highest BCUT2D eigenvalue weighted by atomic mass is 32.2. The molecule has 31 heavy (non-hydrogen) atoms. The van der Waals surface area contributed by atoms with Crippen molar-refractivity contribution in [2.45, 2.75) is 60.8 Å². The smallest absolute Gasteiger partial charge is 0.208 e. The van der Waals surface area contributed by atoms with E-state index in [4.69, 9.17) is 0 Å². The molecule has 2 aliphatic rings. The number of rotatable bonds is 7. The van der Waals surface area contributed by atoms with Crippen molar-refractivity contribution in [1.29, 1.82) is 0 Å². The van der Waals surface area contributed by atoms with Crippen molar-refractivity contribution in [1.82, 2.24) is 9.03 Å². The van der Waals surface area contributed by atoms with E-state index >= 15 is 0 Å². The summed E-state index contributed by atoms with van der Waals surface area (Å²) in [4.78, 5) is 0.258. The van der Waals surface area contributed by atoms with E-state index in [1.54, 1.807) is 0 Å². The molecule has 2 fully saturated rings. The van der Waals surface area contributed by atoms with Crippen LogP contribution >= 0.6 is 0 Å². The largest absolute Gasteiger partial charge is 0.243 e. The van der Waals surface area contributed by atoms with E-state index in [9.17, 15) is 16.8 Å². The van der Waals surface area contributed by atoms with Crippen LogP contribution in [0.2, 0.25) is 0 Å². The lowest BCUT2D eigenvalue weighted by Crippen LogP contribution is -2.38. The van der Waals surface area contributed by atoms with Gasteiger partial charge in [0, 0.05) is 19.1 Å². The predicted octanol–water partition coefficient (Wildman–Crippen LogP) is 3.55. The molecule has 4 rings (SSSR count). The first kappa shape index (κ1) is 22.5. The molecule has 1 aliphatic carbocycles. The lowest BCUT2D eigenvalue weighted by atomic mass is 9.91. The van der Waals surface area contributed by atoms with Crippen molar-refractivity contribution < 1.29 is 16.8 Å². The lowest BCUT2D eigenvalue weighted by molar-refractivity contribution is 0.273. The Morgan fingerprint density at radius 1 is 0.774 bits per heavy atom. The van der Waals surface area contributed by atoms with Crippen LogP contribution in [0.4, 0.5) is 0 Å². The fraction of sp³-hybridized carbons (Fsp3) is 0.478. The summed E-state index contributed by atoms with van der Waals surface area (Å²) in [6.45, 7) is 0.978. The molecule has 0 atom stereocenters. The topological polar surface area (TPSA) is 83.5 Å². The summed E-state index contributed by atoms with van der Waals surface area (Å²) in [5.74, 6) is 0.475. The van der Waals surface area contributed by atoms with Crippen LogP contribution < -0.4 is 4.72 Å². The van der Waals surface area contributed by atoms with Crippen molar-refractivity contribution in [2.75, 3.05) is 13.1 Å². The molecule has 1 aliphatic heterocycles. The molecule has 0 aromatic heterocycles. The zero-order valence-electron chi connectivity index (χ0n) is 17.6. The summed E-state index contributed by atoms with van der Waals surface area (Å²) in [7, 11) is -7.25. The monoisotopic (exact) mass is 462 g/mol. The third-order valence-electron chi connectivity index (χ3n) is 6.39. The van der Waals surface area contributed by atoms with Crippen LogP contribution in [-0.2, 0) is 26.5 Å². The summed E-state index contributed by atoms with van der Waals surface area (Å²) in [5.41, 5.74) is 1.28. The van der Waals surface area contributed by atoms with Gasteiger partial charge >= 0.3 is 0 Å². The van der Waals surface area contributed by atoms with E-state index in [1.807, 2.05) is 18.2 Å². The molecule has 0 amide bonds. The number of sulfonamides is 2. The molecule has 2 aromatic rings. The minimum absolute atomic E-state index is 0.0226. The van der Waals surface area contributed by atoms with Gasteiger partial charge in [-0.2, -0.15) is 4.31 Å². The highest BCUT2D eigenvalue weighted by Gasteiger charge is 2.30. The van der Waals surface area contributed by atoms with Gasteiger partial charge in [-0.1, -0.05) is 43.2 Å². The Balaban J connectivity index is 1.38. The average molecular weight is 463 g/mol. The number of benzene rings is 2. The lowest BCUT2D eigenvalue weighted by Gasteiger charge is -2.31. The standard InChI is InChI=1S/C23H30N2O4S2/c26-30(27,24-21-8-4-5-9-21)22-10-12-23(13-11-22)31(28,29)25-16-14-20(15-17-25)18-19-6-2-1-3-7-19/h1-3,6-7,10-13,20-21,24H,4-5,8-9,14-18H2. The van der Waals surface area contributed by atoms with E-state index in [0.29, 0.717) is 19.0 Å². The summed E-state index contributed by atoms with van der Waals surface area (Å²) in [5, 5.41) is 0. The second kappa shape index (κ2) is 9.40. The van der Waals surface area contributed by atoms with Gasteiger partial charge in [0.15, 0.2) is 0 Å². The molecule has 168 valence electrons. The minimum Gasteiger partial charge on any atom is -0.208 e. The van der Waals surface area contributed by atoms with Crippen LogP contribution in [0.1, 0.15) is 44.1 Å². The van der Waals surface area contributed by atoms with Gasteiger partial charge in [-0.15, -0.1) is 0 Å². The Kier molecular flexibility index (Phi) is 6.81. The van der Waals surface area contributed by atoms with Gasteiger partial charge in [-0.25, -0.2) is 21.6 Å². The molecule has 0 spiro atoms. The number of nitrogens with zero attached hydrogens (tertiary/aromatic N) is 1. The zero-order valence-corrected chi connectivity index (χ0v) is 19.2. The summed E-state index contributed by atoms with van der Waals surface area (Å²) < 4.78 is 55.5. The Bertz CT molecular complexity index is 1070. The van der Waals surface area contributed by atoms with Gasteiger partial charge in [0.25, 0.3) is 0 Å². The number of piperidine rings is 1. The maximum atomic E-state index is 13.1. The molecule has 1 N–H and O–H groups in total. The SMILES string of the molecule is O=S(=O)(NC1CCCC1)c1ccc(S(=O)(=O)N2CCC(Cc3ccccc3)CC2)cc1. The molecule has 2 aromatic carbocycles. The molecular formula is C23H30N2O4S2. The molecule has 1 saturated carbocycles. The van der Waals surface area contributed by atoms with Crippen LogP contribution in [0.15, 0.2) is 64.4 Å². The second-order valence-electron chi connectivity index (χ2n) is 8.61. The highest BCUT2D eigenvalue weighted by Crippen LogP contribution is 2.27. The minimum atomic E-state index is -3.63. The quantitative estimate of drug-likeness (QED) is 0.682. The van der Waals surface area contributed by atoms with E-state index < -0.39 is 20.0 Å². The van der Waals surface area contributed by atoms with E-state index in [-0.39, 0.29) is 15.8 Å². The molecule has 0 bridgehead atoms. The number of hydrogen-bond acceptors (Lipinski definition) is 4. The molecular weight excluding hydrogens is 432 g/mol. The first-order valence-electron chi connectivity index (χ1n) is 11.0. The highest BCUT2D eigenvalue weighted by molar-refractivity contribution is 7.89. The third-order valence-corrected chi connectivity index (χ3v) is 9.84.